The molecular weight excluding hydrogens is 813 g/mol. The van der Waals surface area contributed by atoms with Crippen molar-refractivity contribution in [3.63, 3.8) is 0 Å². The molecule has 2 aromatic heterocycles. The van der Waals surface area contributed by atoms with E-state index in [4.69, 9.17) is 4.42 Å². The lowest BCUT2D eigenvalue weighted by molar-refractivity contribution is 0.0703. The third-order valence-electron chi connectivity index (χ3n) is 15.7. The molecule has 0 spiro atoms. The van der Waals surface area contributed by atoms with Crippen molar-refractivity contribution in [2.24, 2.45) is 17.8 Å². The van der Waals surface area contributed by atoms with Gasteiger partial charge in [-0.15, -0.1) is 0 Å². The first kappa shape index (κ1) is 40.0. The predicted octanol–water partition coefficient (Wildman–Crippen LogP) is 18.1. The molecule has 2 saturated carbocycles. The highest BCUT2D eigenvalue weighted by Crippen LogP contribution is 2.55. The Kier molecular flexibility index (Phi) is 9.49. The van der Waals surface area contributed by atoms with Crippen molar-refractivity contribution in [3.05, 3.63) is 206 Å². The van der Waals surface area contributed by atoms with Gasteiger partial charge in [0, 0.05) is 44.3 Å². The fourth-order valence-corrected chi connectivity index (χ4v) is 13.0. The van der Waals surface area contributed by atoms with Crippen molar-refractivity contribution in [1.82, 2.24) is 4.57 Å². The van der Waals surface area contributed by atoms with Gasteiger partial charge in [0.15, 0.2) is 0 Å². The van der Waals surface area contributed by atoms with E-state index in [0.29, 0.717) is 0 Å². The number of nitrogens with zero attached hydrogens (tertiary/aromatic N) is 2. The molecule has 2 aliphatic carbocycles. The van der Waals surface area contributed by atoms with Crippen LogP contribution >= 0.6 is 0 Å². The zero-order chi connectivity index (χ0) is 44.6. The number of benzene rings is 9. The molecule has 2 fully saturated rings. The second-order valence-corrected chi connectivity index (χ2v) is 20.0. The van der Waals surface area contributed by atoms with Crippen molar-refractivity contribution < 1.29 is 4.42 Å². The average Bonchev–Trinajstić information content (AvgIpc) is 3.91. The van der Waals surface area contributed by atoms with Gasteiger partial charge in [0.05, 0.1) is 11.0 Å². The van der Waals surface area contributed by atoms with Gasteiger partial charge in [-0.3, -0.25) is 0 Å². The molecule has 0 aliphatic heterocycles. The largest absolute Gasteiger partial charge is 0.456 e. The molecule has 326 valence electrons. The zero-order valence-electron chi connectivity index (χ0n) is 38.3. The van der Waals surface area contributed by atoms with Crippen LogP contribution in [0.15, 0.2) is 205 Å². The second kappa shape index (κ2) is 15.9. The summed E-state index contributed by atoms with van der Waals surface area (Å²) in [5, 5.41) is 7.35. The van der Waals surface area contributed by atoms with E-state index in [1.807, 2.05) is 6.07 Å². The number of hydrogen-bond acceptors (Lipinski definition) is 2. The first-order valence-corrected chi connectivity index (χ1v) is 24.5. The molecule has 0 radical (unpaired) electrons. The van der Waals surface area contributed by atoms with Gasteiger partial charge in [-0.1, -0.05) is 148 Å². The number of furan rings is 1. The Labute approximate surface area is 392 Å². The van der Waals surface area contributed by atoms with Crippen LogP contribution in [0.2, 0.25) is 0 Å². The summed E-state index contributed by atoms with van der Waals surface area (Å²) in [6.07, 6.45) is 8.01. The van der Waals surface area contributed by atoms with Crippen LogP contribution in [0.5, 0.6) is 0 Å². The van der Waals surface area contributed by atoms with Crippen LogP contribution in [-0.4, -0.2) is 4.57 Å². The van der Waals surface area contributed by atoms with Gasteiger partial charge in [-0.25, -0.2) is 0 Å². The van der Waals surface area contributed by atoms with Gasteiger partial charge < -0.3 is 13.9 Å². The number of fused-ring (bicyclic) bond motifs is 9. The molecule has 13 rings (SSSR count). The molecule has 2 bridgehead atoms. The molecule has 67 heavy (non-hydrogen) atoms. The molecule has 3 heteroatoms. The van der Waals surface area contributed by atoms with Gasteiger partial charge in [-0.05, 0) is 167 Å². The molecule has 9 aromatic carbocycles. The van der Waals surface area contributed by atoms with Crippen LogP contribution in [0, 0.1) is 17.8 Å². The number of anilines is 3. The maximum Gasteiger partial charge on any atom is 0.135 e. The summed E-state index contributed by atoms with van der Waals surface area (Å²) in [5.74, 6) is 2.41. The normalized spacial score (nSPS) is 19.5. The van der Waals surface area contributed by atoms with E-state index in [2.05, 4.69) is 217 Å². The molecule has 0 saturated heterocycles. The summed E-state index contributed by atoms with van der Waals surface area (Å²) in [7, 11) is 0. The molecule has 4 atom stereocenters. The molecule has 0 amide bonds. The van der Waals surface area contributed by atoms with Crippen LogP contribution in [0.4, 0.5) is 17.1 Å². The van der Waals surface area contributed by atoms with Gasteiger partial charge in [0.1, 0.15) is 11.2 Å². The third kappa shape index (κ3) is 6.69. The van der Waals surface area contributed by atoms with Crippen molar-refractivity contribution in [2.75, 3.05) is 4.90 Å². The third-order valence-corrected chi connectivity index (χ3v) is 15.7. The Morgan fingerprint density at radius 1 is 0.522 bits per heavy atom. The fraction of sp³-hybridized carbons (Fsp3) is 0.188. The summed E-state index contributed by atoms with van der Waals surface area (Å²) in [5.41, 5.74) is 15.3. The minimum atomic E-state index is 0.250. The highest BCUT2D eigenvalue weighted by atomic mass is 16.3. The Morgan fingerprint density at radius 3 is 2.06 bits per heavy atom. The minimum absolute atomic E-state index is 0.250. The molecular formula is C64H54N2O. The van der Waals surface area contributed by atoms with Gasteiger partial charge in [0.25, 0.3) is 0 Å². The number of rotatable bonds is 8. The van der Waals surface area contributed by atoms with E-state index in [0.717, 1.165) is 56.8 Å². The van der Waals surface area contributed by atoms with Gasteiger partial charge in [-0.2, -0.15) is 0 Å². The molecule has 2 aliphatic rings. The Hall–Kier alpha value is -7.36. The lowest BCUT2D eigenvalue weighted by Gasteiger charge is -2.51. The summed E-state index contributed by atoms with van der Waals surface area (Å²) in [6.45, 7) is 4.92. The quantitative estimate of drug-likeness (QED) is 0.152. The summed E-state index contributed by atoms with van der Waals surface area (Å²) in [4.78, 5) is 2.45. The standard InChI is InChI=1S/C64H54N2O/c1-3-43-34-44-33-42(2)39-64(40-43,41-44)48-27-31-59-57(36-48)55-30-28-52(38-60(55)66(59)49-20-8-5-9-21-49)65(51-29-32-62-58(37-51)56-23-10-11-26-61(56)67-62)50-22-12-19-47(35-50)54-25-14-18-46-17-13-24-53(63(46)54)45-15-6-4-7-16-45/h4-32,35-38,42-44H,3,33-34,39-41H2,1-2H3. The van der Waals surface area contributed by atoms with Crippen LogP contribution in [-0.2, 0) is 5.41 Å². The van der Waals surface area contributed by atoms with Crippen LogP contribution in [0.3, 0.4) is 0 Å². The molecule has 11 aromatic rings. The molecule has 0 N–H and O–H groups in total. The minimum Gasteiger partial charge on any atom is -0.456 e. The van der Waals surface area contributed by atoms with E-state index in [-0.39, 0.29) is 5.41 Å². The Morgan fingerprint density at radius 2 is 1.22 bits per heavy atom. The van der Waals surface area contributed by atoms with E-state index < -0.39 is 0 Å². The van der Waals surface area contributed by atoms with E-state index >= 15 is 0 Å². The summed E-state index contributed by atoms with van der Waals surface area (Å²) < 4.78 is 8.89. The van der Waals surface area contributed by atoms with Crippen molar-refractivity contribution in [1.29, 1.82) is 0 Å². The SMILES string of the molecule is CCC1CC2CC(C)CC(c3ccc4c(c3)c3ccc(N(c5cccc(-c6cccc7cccc(-c8ccccc8)c67)c5)c5ccc6oc7ccccc7c6c5)cc3n4-c3ccccc3)(C1)C2. The van der Waals surface area contributed by atoms with E-state index in [1.165, 1.54) is 99.0 Å². The average molecular weight is 867 g/mol. The highest BCUT2D eigenvalue weighted by molar-refractivity contribution is 6.12. The lowest BCUT2D eigenvalue weighted by Crippen LogP contribution is -2.42. The molecule has 4 unspecified atom stereocenters. The van der Waals surface area contributed by atoms with E-state index in [1.54, 1.807) is 5.56 Å². The van der Waals surface area contributed by atoms with Crippen LogP contribution in [0.25, 0.3) is 82.5 Å². The molecule has 3 nitrogen and oxygen atoms in total. The van der Waals surface area contributed by atoms with Crippen LogP contribution < -0.4 is 4.90 Å². The zero-order valence-corrected chi connectivity index (χ0v) is 38.3. The Balaban J connectivity index is 1.02. The van der Waals surface area contributed by atoms with Gasteiger partial charge >= 0.3 is 0 Å². The predicted molar refractivity (Wildman–Crippen MR) is 282 cm³/mol. The van der Waals surface area contributed by atoms with Crippen molar-refractivity contribution in [3.8, 4) is 27.9 Å². The summed E-state index contributed by atoms with van der Waals surface area (Å²) in [6, 6.07) is 74.1. The molecule has 2 heterocycles. The monoisotopic (exact) mass is 866 g/mol. The highest BCUT2D eigenvalue weighted by Gasteiger charge is 2.46. The maximum atomic E-state index is 6.39. The number of aromatic nitrogens is 1. The van der Waals surface area contributed by atoms with Crippen molar-refractivity contribution in [2.45, 2.75) is 57.8 Å². The maximum absolute atomic E-state index is 6.39. The topological polar surface area (TPSA) is 21.3 Å². The second-order valence-electron chi connectivity index (χ2n) is 20.0. The lowest BCUT2D eigenvalue weighted by atomic mass is 9.54. The first-order chi connectivity index (χ1) is 33.0. The van der Waals surface area contributed by atoms with Gasteiger partial charge in [0.2, 0.25) is 0 Å². The number of para-hydroxylation sites is 2. The van der Waals surface area contributed by atoms with Crippen molar-refractivity contribution >= 4 is 71.6 Å². The summed E-state index contributed by atoms with van der Waals surface area (Å²) >= 11 is 0. The Bertz CT molecular complexity index is 3650. The fourth-order valence-electron chi connectivity index (χ4n) is 13.0. The number of hydrogen-bond donors (Lipinski definition) is 0. The van der Waals surface area contributed by atoms with Crippen LogP contribution in [0.1, 0.15) is 57.9 Å². The smallest absolute Gasteiger partial charge is 0.135 e. The first-order valence-electron chi connectivity index (χ1n) is 24.5. The van der Waals surface area contributed by atoms with E-state index in [9.17, 15) is 0 Å².